The van der Waals surface area contributed by atoms with Gasteiger partial charge in [-0.3, -0.25) is 0 Å². The summed E-state index contributed by atoms with van der Waals surface area (Å²) in [5, 5.41) is 32.6. The molecule has 0 bridgehead atoms. The highest BCUT2D eigenvalue weighted by Crippen LogP contribution is 2.32. The summed E-state index contributed by atoms with van der Waals surface area (Å²) in [5.41, 5.74) is 0. The van der Waals surface area contributed by atoms with Crippen LogP contribution >= 0.6 is 0 Å². The molecule has 18 heavy (non-hydrogen) atoms. The average Bonchev–Trinajstić information content (AvgIpc) is 2.74. The van der Waals surface area contributed by atoms with Crippen LogP contribution < -0.4 is 5.32 Å². The van der Waals surface area contributed by atoms with Crippen molar-refractivity contribution in [2.75, 3.05) is 6.54 Å². The van der Waals surface area contributed by atoms with Gasteiger partial charge in [0.2, 0.25) is 0 Å². The third-order valence-corrected chi connectivity index (χ3v) is 3.71. The van der Waals surface area contributed by atoms with Gasteiger partial charge in [0.25, 0.3) is 6.02 Å². The molecule has 1 saturated carbocycles. The first-order valence-corrected chi connectivity index (χ1v) is 6.56. The highest BCUT2D eigenvalue weighted by Gasteiger charge is 2.49. The van der Waals surface area contributed by atoms with E-state index in [4.69, 9.17) is 4.74 Å². The number of nitrogens with zero attached hydrogens (tertiary/aromatic N) is 1. The van der Waals surface area contributed by atoms with Gasteiger partial charge in [0.1, 0.15) is 12.2 Å². The van der Waals surface area contributed by atoms with Gasteiger partial charge >= 0.3 is 0 Å². The van der Waals surface area contributed by atoms with E-state index in [1.807, 2.05) is 6.92 Å². The van der Waals surface area contributed by atoms with Crippen LogP contribution in [0.2, 0.25) is 0 Å². The smallest absolute Gasteiger partial charge is 0.285 e. The van der Waals surface area contributed by atoms with Crippen LogP contribution in [0.25, 0.3) is 0 Å². The minimum Gasteiger partial charge on any atom is -0.460 e. The molecule has 2 rings (SSSR count). The lowest BCUT2D eigenvalue weighted by Crippen LogP contribution is -2.57. The molecule has 0 aromatic heterocycles. The Morgan fingerprint density at radius 3 is 2.78 bits per heavy atom. The largest absolute Gasteiger partial charge is 0.460 e. The van der Waals surface area contributed by atoms with Crippen LogP contribution in [0.3, 0.4) is 0 Å². The molecular weight excluding hydrogens is 236 g/mol. The first kappa shape index (κ1) is 13.6. The predicted octanol–water partition coefficient (Wildman–Crippen LogP) is -0.768. The van der Waals surface area contributed by atoms with Crippen molar-refractivity contribution >= 4 is 6.02 Å². The van der Waals surface area contributed by atoms with Crippen molar-refractivity contribution in [2.24, 2.45) is 10.9 Å². The molecule has 0 aromatic carbocycles. The number of aliphatic imine (C=N–C) groups is 1. The van der Waals surface area contributed by atoms with Gasteiger partial charge in [0.05, 0.1) is 18.2 Å². The van der Waals surface area contributed by atoms with Gasteiger partial charge in [-0.05, 0) is 19.8 Å². The fraction of sp³-hybridized carbons (Fsp3) is 0.917. The maximum absolute atomic E-state index is 10.1. The van der Waals surface area contributed by atoms with E-state index in [0.29, 0.717) is 19.0 Å². The van der Waals surface area contributed by atoms with Gasteiger partial charge in [0.15, 0.2) is 0 Å². The Balaban J connectivity index is 2.07. The summed E-state index contributed by atoms with van der Waals surface area (Å²) in [4.78, 5) is 4.22. The monoisotopic (exact) mass is 258 g/mol. The quantitative estimate of drug-likeness (QED) is 0.533. The van der Waals surface area contributed by atoms with Crippen molar-refractivity contribution in [1.82, 2.24) is 5.32 Å². The Bertz CT molecular complexity index is 321. The topological polar surface area (TPSA) is 94.3 Å². The average molecular weight is 258 g/mol. The zero-order chi connectivity index (χ0) is 13.3. The molecule has 0 radical (unpaired) electrons. The van der Waals surface area contributed by atoms with Gasteiger partial charge in [-0.15, -0.1) is 0 Å². The fourth-order valence-electron chi connectivity index (χ4n) is 2.64. The highest BCUT2D eigenvalue weighted by atomic mass is 16.5. The van der Waals surface area contributed by atoms with Gasteiger partial charge < -0.3 is 25.4 Å². The summed E-state index contributed by atoms with van der Waals surface area (Å²) < 4.78 is 5.62. The van der Waals surface area contributed by atoms with Crippen LogP contribution in [-0.2, 0) is 4.74 Å². The molecule has 1 aliphatic carbocycles. The van der Waals surface area contributed by atoms with Gasteiger partial charge in [0, 0.05) is 12.5 Å². The number of ether oxygens (including phenoxy) is 1. The molecule has 0 spiro atoms. The fourth-order valence-corrected chi connectivity index (χ4v) is 2.64. The van der Waals surface area contributed by atoms with Gasteiger partial charge in [-0.1, -0.05) is 6.92 Å². The second kappa shape index (κ2) is 5.42. The minimum absolute atomic E-state index is 0.237. The lowest BCUT2D eigenvalue weighted by atomic mass is 9.77. The standard InChI is InChI=1S/C12H22N2O4/c1-3-4-13-12-14-9-8(18-12)5-7(6(2)15)10(16)11(9)17/h6-11,15-17H,3-5H2,1-2H3,(H,13,14)/t6?,7?,8-,9-,10+,11+/m0/s1. The van der Waals surface area contributed by atoms with E-state index in [0.717, 1.165) is 6.42 Å². The van der Waals surface area contributed by atoms with Crippen LogP contribution in [0.1, 0.15) is 26.7 Å². The Labute approximate surface area is 107 Å². The molecule has 2 fully saturated rings. The Hall–Kier alpha value is -0.850. The second-order valence-corrected chi connectivity index (χ2v) is 5.13. The molecule has 2 aliphatic rings. The van der Waals surface area contributed by atoms with E-state index in [-0.39, 0.29) is 18.1 Å². The maximum Gasteiger partial charge on any atom is 0.285 e. The number of aliphatic hydroxyl groups excluding tert-OH is 3. The van der Waals surface area contributed by atoms with Crippen LogP contribution in [0.15, 0.2) is 4.99 Å². The van der Waals surface area contributed by atoms with Crippen molar-refractivity contribution in [3.8, 4) is 0 Å². The molecule has 1 saturated heterocycles. The van der Waals surface area contributed by atoms with E-state index in [1.165, 1.54) is 0 Å². The van der Waals surface area contributed by atoms with Gasteiger partial charge in [-0.2, -0.15) is 0 Å². The predicted molar refractivity (Wildman–Crippen MR) is 66.2 cm³/mol. The number of aliphatic hydroxyl groups is 3. The van der Waals surface area contributed by atoms with Crippen molar-refractivity contribution in [3.63, 3.8) is 0 Å². The molecule has 1 aliphatic heterocycles. The number of fused-ring (bicyclic) bond motifs is 1. The summed E-state index contributed by atoms with van der Waals surface area (Å²) in [6.07, 6.45) is -1.36. The van der Waals surface area contributed by atoms with Crippen LogP contribution in [0.5, 0.6) is 0 Å². The van der Waals surface area contributed by atoms with Crippen molar-refractivity contribution in [3.05, 3.63) is 0 Å². The maximum atomic E-state index is 10.1. The molecule has 4 N–H and O–H groups in total. The van der Waals surface area contributed by atoms with Crippen LogP contribution in [0, 0.1) is 5.92 Å². The third-order valence-electron chi connectivity index (χ3n) is 3.71. The molecule has 104 valence electrons. The zero-order valence-electron chi connectivity index (χ0n) is 10.8. The Morgan fingerprint density at radius 1 is 1.44 bits per heavy atom. The number of hydrogen-bond donors (Lipinski definition) is 4. The van der Waals surface area contributed by atoms with Crippen LogP contribution in [-0.4, -0.2) is 58.3 Å². The molecule has 6 heteroatoms. The minimum atomic E-state index is -0.947. The molecular formula is C12H22N2O4. The molecule has 1 heterocycles. The molecule has 0 aromatic rings. The third kappa shape index (κ3) is 2.46. The first-order valence-electron chi connectivity index (χ1n) is 6.56. The SMILES string of the molecule is CCCN=C1N[C@@H]2[C@@H](O)[C@H](O)C(C(C)O)C[C@@H]2O1. The van der Waals surface area contributed by atoms with Crippen molar-refractivity contribution < 1.29 is 20.1 Å². The molecule has 6 nitrogen and oxygen atoms in total. The van der Waals surface area contributed by atoms with E-state index >= 15 is 0 Å². The lowest BCUT2D eigenvalue weighted by molar-refractivity contribution is -0.111. The molecule has 0 amide bonds. The van der Waals surface area contributed by atoms with E-state index in [2.05, 4.69) is 10.3 Å². The normalized spacial score (nSPS) is 43.2. The second-order valence-electron chi connectivity index (χ2n) is 5.13. The summed E-state index contributed by atoms with van der Waals surface area (Å²) >= 11 is 0. The number of amidine groups is 1. The van der Waals surface area contributed by atoms with Crippen molar-refractivity contribution in [2.45, 2.75) is 57.1 Å². The number of nitrogens with one attached hydrogen (secondary N) is 1. The highest BCUT2D eigenvalue weighted by molar-refractivity contribution is 5.76. The first-order chi connectivity index (χ1) is 8.54. The Morgan fingerprint density at radius 2 is 2.17 bits per heavy atom. The molecule has 6 atom stereocenters. The van der Waals surface area contributed by atoms with Gasteiger partial charge in [-0.25, -0.2) is 4.99 Å². The van der Waals surface area contributed by atoms with E-state index < -0.39 is 18.3 Å². The summed E-state index contributed by atoms with van der Waals surface area (Å²) in [7, 11) is 0. The van der Waals surface area contributed by atoms with E-state index in [1.54, 1.807) is 6.92 Å². The summed E-state index contributed by atoms with van der Waals surface area (Å²) in [6.45, 7) is 4.31. The van der Waals surface area contributed by atoms with Crippen LogP contribution in [0.4, 0.5) is 0 Å². The van der Waals surface area contributed by atoms with Crippen molar-refractivity contribution in [1.29, 1.82) is 0 Å². The molecule has 2 unspecified atom stereocenters. The zero-order valence-corrected chi connectivity index (χ0v) is 10.8. The lowest BCUT2D eigenvalue weighted by Gasteiger charge is -2.39. The number of rotatable bonds is 3. The number of hydrogen-bond acceptors (Lipinski definition) is 5. The summed E-state index contributed by atoms with van der Waals surface area (Å²) in [6, 6.07) is 0.0925. The summed E-state index contributed by atoms with van der Waals surface area (Å²) in [5.74, 6) is -0.367. The van der Waals surface area contributed by atoms with E-state index in [9.17, 15) is 15.3 Å². The Kier molecular flexibility index (Phi) is 4.09.